The maximum absolute atomic E-state index is 12.3. The number of hydrogen-bond donors (Lipinski definition) is 1. The van der Waals surface area contributed by atoms with Crippen LogP contribution in [0.1, 0.15) is 21.5 Å². The van der Waals surface area contributed by atoms with Crippen molar-refractivity contribution in [2.75, 3.05) is 13.7 Å². The van der Waals surface area contributed by atoms with Gasteiger partial charge in [0, 0.05) is 37.1 Å². The topological polar surface area (TPSA) is 38.3 Å². The Bertz CT molecular complexity index is 674. The molecular formula is C18H18ClNO2. The summed E-state index contributed by atoms with van der Waals surface area (Å²) >= 11 is 5.93. The molecule has 0 saturated heterocycles. The Hall–Kier alpha value is -1.84. The lowest BCUT2D eigenvalue weighted by Crippen LogP contribution is -2.45. The van der Waals surface area contributed by atoms with Gasteiger partial charge >= 0.3 is 0 Å². The van der Waals surface area contributed by atoms with E-state index in [1.54, 1.807) is 31.4 Å². The Balaban J connectivity index is 1.69. The molecule has 1 N–H and O–H groups in total. The summed E-state index contributed by atoms with van der Waals surface area (Å²) < 4.78 is 5.75. The Labute approximate surface area is 135 Å². The number of amides is 1. The molecule has 0 fully saturated rings. The van der Waals surface area contributed by atoms with Gasteiger partial charge in [0.15, 0.2) is 0 Å². The van der Waals surface area contributed by atoms with E-state index in [9.17, 15) is 4.79 Å². The van der Waals surface area contributed by atoms with Gasteiger partial charge in [-0.1, -0.05) is 41.9 Å². The van der Waals surface area contributed by atoms with E-state index in [2.05, 4.69) is 17.4 Å². The molecule has 0 aromatic heterocycles. The number of nitrogens with one attached hydrogen (secondary N) is 1. The molecule has 0 spiro atoms. The highest BCUT2D eigenvalue weighted by Gasteiger charge is 2.37. The molecule has 4 heteroatoms. The molecule has 3 nitrogen and oxygen atoms in total. The molecule has 1 aliphatic carbocycles. The first-order valence-corrected chi connectivity index (χ1v) is 7.65. The van der Waals surface area contributed by atoms with Gasteiger partial charge < -0.3 is 10.1 Å². The minimum atomic E-state index is -0.363. The van der Waals surface area contributed by atoms with Gasteiger partial charge in [-0.2, -0.15) is 0 Å². The fourth-order valence-corrected chi connectivity index (χ4v) is 3.16. The summed E-state index contributed by atoms with van der Waals surface area (Å²) in [6.45, 7) is 0.476. The largest absolute Gasteiger partial charge is 0.376 e. The molecule has 0 saturated carbocycles. The molecule has 0 atom stereocenters. The minimum absolute atomic E-state index is 0.130. The van der Waals surface area contributed by atoms with Crippen LogP contribution in [0.4, 0.5) is 0 Å². The van der Waals surface area contributed by atoms with Crippen molar-refractivity contribution < 1.29 is 9.53 Å². The van der Waals surface area contributed by atoms with Crippen LogP contribution in [-0.4, -0.2) is 25.2 Å². The molecule has 0 heterocycles. The van der Waals surface area contributed by atoms with E-state index in [1.165, 1.54) is 11.1 Å². The van der Waals surface area contributed by atoms with Crippen LogP contribution in [-0.2, 0) is 17.6 Å². The normalized spacial score (nSPS) is 15.4. The first kappa shape index (κ1) is 15.1. The van der Waals surface area contributed by atoms with Gasteiger partial charge in [0.25, 0.3) is 5.91 Å². The quantitative estimate of drug-likeness (QED) is 0.940. The number of fused-ring (bicyclic) bond motifs is 1. The van der Waals surface area contributed by atoms with E-state index >= 15 is 0 Å². The predicted molar refractivity (Wildman–Crippen MR) is 87.4 cm³/mol. The van der Waals surface area contributed by atoms with Gasteiger partial charge in [0.1, 0.15) is 0 Å². The maximum Gasteiger partial charge on any atom is 0.251 e. The summed E-state index contributed by atoms with van der Waals surface area (Å²) in [4.78, 5) is 12.3. The highest BCUT2D eigenvalue weighted by molar-refractivity contribution is 6.30. The lowest BCUT2D eigenvalue weighted by Gasteiger charge is -2.27. The molecule has 0 bridgehead atoms. The van der Waals surface area contributed by atoms with Gasteiger partial charge in [0.2, 0.25) is 0 Å². The second-order valence-corrected chi connectivity index (χ2v) is 6.14. The molecular weight excluding hydrogens is 298 g/mol. The molecule has 0 radical (unpaired) electrons. The summed E-state index contributed by atoms with van der Waals surface area (Å²) in [6.07, 6.45) is 1.63. The van der Waals surface area contributed by atoms with Gasteiger partial charge in [-0.3, -0.25) is 4.79 Å². The number of carbonyl (C=O) groups is 1. The standard InChI is InChI=1S/C18H18ClNO2/c1-22-18(10-14-5-2-3-6-15(14)11-18)12-20-17(21)13-7-4-8-16(19)9-13/h2-9H,10-12H2,1H3,(H,20,21). The lowest BCUT2D eigenvalue weighted by molar-refractivity contribution is 0.000177. The smallest absolute Gasteiger partial charge is 0.251 e. The summed E-state index contributed by atoms with van der Waals surface area (Å²) in [6, 6.07) is 15.3. The maximum atomic E-state index is 12.3. The SMILES string of the molecule is COC1(CNC(=O)c2cccc(Cl)c2)Cc2ccccc2C1. The molecule has 2 aromatic carbocycles. The molecule has 22 heavy (non-hydrogen) atoms. The van der Waals surface area contributed by atoms with E-state index < -0.39 is 0 Å². The Kier molecular flexibility index (Phi) is 4.19. The van der Waals surface area contributed by atoms with Crippen molar-refractivity contribution in [1.82, 2.24) is 5.32 Å². The number of carbonyl (C=O) groups excluding carboxylic acids is 1. The number of benzene rings is 2. The van der Waals surface area contributed by atoms with Crippen molar-refractivity contribution in [2.45, 2.75) is 18.4 Å². The minimum Gasteiger partial charge on any atom is -0.376 e. The van der Waals surface area contributed by atoms with E-state index in [-0.39, 0.29) is 11.5 Å². The zero-order chi connectivity index (χ0) is 15.6. The molecule has 0 unspecified atom stereocenters. The van der Waals surface area contributed by atoms with Gasteiger partial charge in [-0.25, -0.2) is 0 Å². The van der Waals surface area contributed by atoms with Crippen LogP contribution in [0.15, 0.2) is 48.5 Å². The first-order valence-electron chi connectivity index (χ1n) is 7.28. The average molecular weight is 316 g/mol. The van der Waals surface area contributed by atoms with Crippen molar-refractivity contribution in [2.24, 2.45) is 0 Å². The highest BCUT2D eigenvalue weighted by Crippen LogP contribution is 2.32. The number of halogens is 1. The molecule has 2 aromatic rings. The lowest BCUT2D eigenvalue weighted by atomic mass is 10.00. The molecule has 1 aliphatic rings. The summed E-state index contributed by atoms with van der Waals surface area (Å²) in [7, 11) is 1.71. The van der Waals surface area contributed by atoms with Gasteiger partial charge in [-0.15, -0.1) is 0 Å². The van der Waals surface area contributed by atoms with E-state index in [0.717, 1.165) is 12.8 Å². The molecule has 1 amide bonds. The predicted octanol–water partition coefficient (Wildman–Crippen LogP) is 3.25. The summed E-state index contributed by atoms with van der Waals surface area (Å²) in [5, 5.41) is 3.53. The third kappa shape index (κ3) is 3.01. The first-order chi connectivity index (χ1) is 10.6. The van der Waals surface area contributed by atoms with E-state index in [1.807, 2.05) is 12.1 Å². The number of rotatable bonds is 4. The fraction of sp³-hybridized carbons (Fsp3) is 0.278. The van der Waals surface area contributed by atoms with Crippen molar-refractivity contribution in [1.29, 1.82) is 0 Å². The second-order valence-electron chi connectivity index (χ2n) is 5.70. The van der Waals surface area contributed by atoms with Gasteiger partial charge in [0.05, 0.1) is 5.60 Å². The third-order valence-corrected chi connectivity index (χ3v) is 4.47. The van der Waals surface area contributed by atoms with Crippen molar-refractivity contribution in [3.63, 3.8) is 0 Å². The Morgan fingerprint density at radius 1 is 1.18 bits per heavy atom. The van der Waals surface area contributed by atoms with Crippen LogP contribution in [0.3, 0.4) is 0 Å². The number of hydrogen-bond acceptors (Lipinski definition) is 2. The average Bonchev–Trinajstić information content (AvgIpc) is 2.92. The zero-order valence-electron chi connectivity index (χ0n) is 12.4. The fourth-order valence-electron chi connectivity index (χ4n) is 2.97. The molecule has 114 valence electrons. The molecule has 0 aliphatic heterocycles. The van der Waals surface area contributed by atoms with Crippen LogP contribution in [0.25, 0.3) is 0 Å². The summed E-state index contributed by atoms with van der Waals surface area (Å²) in [5.74, 6) is -0.130. The monoisotopic (exact) mass is 315 g/mol. The Morgan fingerprint density at radius 2 is 1.86 bits per heavy atom. The zero-order valence-corrected chi connectivity index (χ0v) is 13.2. The van der Waals surface area contributed by atoms with Crippen LogP contribution < -0.4 is 5.32 Å². The number of methoxy groups -OCH3 is 1. The van der Waals surface area contributed by atoms with Gasteiger partial charge in [-0.05, 0) is 29.3 Å². The second kappa shape index (κ2) is 6.11. The number of ether oxygens (including phenoxy) is 1. The van der Waals surface area contributed by atoms with Crippen LogP contribution >= 0.6 is 11.6 Å². The van der Waals surface area contributed by atoms with Crippen LogP contribution in [0.2, 0.25) is 5.02 Å². The van der Waals surface area contributed by atoms with Crippen molar-refractivity contribution >= 4 is 17.5 Å². The van der Waals surface area contributed by atoms with Crippen molar-refractivity contribution in [3.8, 4) is 0 Å². The highest BCUT2D eigenvalue weighted by atomic mass is 35.5. The molecule has 3 rings (SSSR count). The van der Waals surface area contributed by atoms with Crippen LogP contribution in [0.5, 0.6) is 0 Å². The third-order valence-electron chi connectivity index (χ3n) is 4.23. The van der Waals surface area contributed by atoms with E-state index in [0.29, 0.717) is 17.1 Å². The van der Waals surface area contributed by atoms with Crippen molar-refractivity contribution in [3.05, 3.63) is 70.2 Å². The summed E-state index contributed by atoms with van der Waals surface area (Å²) in [5.41, 5.74) is 2.79. The van der Waals surface area contributed by atoms with Crippen LogP contribution in [0, 0.1) is 0 Å². The van der Waals surface area contributed by atoms with E-state index in [4.69, 9.17) is 16.3 Å². The Morgan fingerprint density at radius 3 is 2.45 bits per heavy atom.